The molecule has 0 aliphatic carbocycles. The van der Waals surface area contributed by atoms with Crippen LogP contribution < -0.4 is 15.2 Å². The summed E-state index contributed by atoms with van der Waals surface area (Å²) in [6, 6.07) is 5.25. The van der Waals surface area contributed by atoms with Gasteiger partial charge in [-0.15, -0.1) is 12.4 Å². The minimum atomic E-state index is -0.0216. The number of carbonyl (C=O) groups is 1. The van der Waals surface area contributed by atoms with Crippen molar-refractivity contribution in [3.05, 3.63) is 23.8 Å². The smallest absolute Gasteiger partial charge is 0.257 e. The third kappa shape index (κ3) is 3.35. The molecule has 0 bridgehead atoms. The number of nitrogens with zero attached hydrogens (tertiary/aromatic N) is 1. The van der Waals surface area contributed by atoms with Crippen molar-refractivity contribution in [1.29, 1.82) is 0 Å². The molecule has 1 saturated heterocycles. The highest BCUT2D eigenvalue weighted by Gasteiger charge is 2.27. The van der Waals surface area contributed by atoms with Crippen LogP contribution in [0.5, 0.6) is 11.5 Å². The van der Waals surface area contributed by atoms with Gasteiger partial charge in [-0.1, -0.05) is 0 Å². The lowest BCUT2D eigenvalue weighted by molar-refractivity contribution is 0.0784. The van der Waals surface area contributed by atoms with Crippen LogP contribution in [0.4, 0.5) is 0 Å². The van der Waals surface area contributed by atoms with Gasteiger partial charge in [0.05, 0.1) is 19.8 Å². The SMILES string of the molecule is COc1ccc(OC)c(C(=O)N2CCC(CN)C2)c1.Cl. The predicted molar refractivity (Wildman–Crippen MR) is 79.9 cm³/mol. The molecule has 0 radical (unpaired) electrons. The maximum absolute atomic E-state index is 12.5. The number of ether oxygens (including phenoxy) is 2. The molecule has 1 aromatic rings. The van der Waals surface area contributed by atoms with E-state index in [1.54, 1.807) is 32.4 Å². The molecule has 1 amide bonds. The zero-order chi connectivity index (χ0) is 13.8. The molecular weight excluding hydrogens is 280 g/mol. The number of hydrogen-bond donors (Lipinski definition) is 1. The second-order valence-corrected chi connectivity index (χ2v) is 4.71. The Morgan fingerprint density at radius 2 is 2.15 bits per heavy atom. The lowest BCUT2D eigenvalue weighted by Crippen LogP contribution is -2.30. The number of hydrogen-bond acceptors (Lipinski definition) is 4. The Kier molecular flexibility index (Phi) is 6.10. The highest BCUT2D eigenvalue weighted by atomic mass is 35.5. The summed E-state index contributed by atoms with van der Waals surface area (Å²) in [5.74, 6) is 1.60. The van der Waals surface area contributed by atoms with Crippen LogP contribution in [0.15, 0.2) is 18.2 Å². The van der Waals surface area contributed by atoms with Gasteiger partial charge in [0.1, 0.15) is 11.5 Å². The second kappa shape index (κ2) is 7.36. The molecule has 1 unspecified atom stereocenters. The van der Waals surface area contributed by atoms with Gasteiger partial charge in [0, 0.05) is 13.1 Å². The minimum absolute atomic E-state index is 0. The lowest BCUT2D eigenvalue weighted by Gasteiger charge is -2.18. The number of rotatable bonds is 4. The van der Waals surface area contributed by atoms with Crippen molar-refractivity contribution >= 4 is 18.3 Å². The Morgan fingerprint density at radius 3 is 2.70 bits per heavy atom. The second-order valence-electron chi connectivity index (χ2n) is 4.71. The molecule has 1 fully saturated rings. The molecule has 112 valence electrons. The van der Waals surface area contributed by atoms with Gasteiger partial charge in [-0.25, -0.2) is 0 Å². The van der Waals surface area contributed by atoms with Crippen molar-refractivity contribution < 1.29 is 14.3 Å². The molecule has 1 aliphatic rings. The largest absolute Gasteiger partial charge is 0.497 e. The Balaban J connectivity index is 0.00000200. The minimum Gasteiger partial charge on any atom is -0.497 e. The Bertz CT molecular complexity index is 468. The standard InChI is InChI=1S/C14H20N2O3.ClH/c1-18-11-3-4-13(19-2)12(7-11)14(17)16-6-5-10(8-15)9-16;/h3-4,7,10H,5-6,8-9,15H2,1-2H3;1H. The molecular formula is C14H21ClN2O3. The fourth-order valence-corrected chi connectivity index (χ4v) is 2.36. The quantitative estimate of drug-likeness (QED) is 0.916. The molecule has 20 heavy (non-hydrogen) atoms. The molecule has 1 aliphatic heterocycles. The summed E-state index contributed by atoms with van der Waals surface area (Å²) in [5.41, 5.74) is 6.20. The zero-order valence-corrected chi connectivity index (χ0v) is 12.6. The van der Waals surface area contributed by atoms with E-state index in [-0.39, 0.29) is 18.3 Å². The van der Waals surface area contributed by atoms with Crippen LogP contribution in [0.1, 0.15) is 16.8 Å². The van der Waals surface area contributed by atoms with E-state index in [9.17, 15) is 4.79 Å². The molecule has 5 nitrogen and oxygen atoms in total. The maximum Gasteiger partial charge on any atom is 0.257 e. The molecule has 6 heteroatoms. The first-order valence-corrected chi connectivity index (χ1v) is 6.41. The Labute approximate surface area is 125 Å². The van der Waals surface area contributed by atoms with Gasteiger partial charge in [0.15, 0.2) is 0 Å². The van der Waals surface area contributed by atoms with E-state index < -0.39 is 0 Å². The van der Waals surface area contributed by atoms with Crippen molar-refractivity contribution in [2.75, 3.05) is 33.9 Å². The highest BCUT2D eigenvalue weighted by Crippen LogP contribution is 2.27. The van der Waals surface area contributed by atoms with Gasteiger partial charge >= 0.3 is 0 Å². The first-order chi connectivity index (χ1) is 9.19. The summed E-state index contributed by atoms with van der Waals surface area (Å²) in [4.78, 5) is 14.3. The average molecular weight is 301 g/mol. The lowest BCUT2D eigenvalue weighted by atomic mass is 10.1. The highest BCUT2D eigenvalue weighted by molar-refractivity contribution is 5.97. The number of amides is 1. The monoisotopic (exact) mass is 300 g/mol. The summed E-state index contributed by atoms with van der Waals surface area (Å²) < 4.78 is 10.4. The summed E-state index contributed by atoms with van der Waals surface area (Å²) in [6.45, 7) is 2.09. The fraction of sp³-hybridized carbons (Fsp3) is 0.500. The topological polar surface area (TPSA) is 64.8 Å². The van der Waals surface area contributed by atoms with Crippen LogP contribution in [0.2, 0.25) is 0 Å². The van der Waals surface area contributed by atoms with Crippen LogP contribution in [-0.2, 0) is 0 Å². The van der Waals surface area contributed by atoms with Crippen molar-refractivity contribution in [2.45, 2.75) is 6.42 Å². The number of benzene rings is 1. The van der Waals surface area contributed by atoms with Crippen LogP contribution in [-0.4, -0.2) is 44.7 Å². The molecule has 2 N–H and O–H groups in total. The zero-order valence-electron chi connectivity index (χ0n) is 11.8. The van der Waals surface area contributed by atoms with Crippen molar-refractivity contribution in [2.24, 2.45) is 11.7 Å². The summed E-state index contributed by atoms with van der Waals surface area (Å²) >= 11 is 0. The van der Waals surface area contributed by atoms with E-state index in [1.807, 2.05) is 4.90 Å². The van der Waals surface area contributed by atoms with E-state index in [2.05, 4.69) is 0 Å². The van der Waals surface area contributed by atoms with Crippen molar-refractivity contribution in [1.82, 2.24) is 4.90 Å². The van der Waals surface area contributed by atoms with E-state index >= 15 is 0 Å². The summed E-state index contributed by atoms with van der Waals surface area (Å²) in [6.07, 6.45) is 0.967. The number of methoxy groups -OCH3 is 2. The van der Waals surface area contributed by atoms with Gasteiger partial charge in [0.2, 0.25) is 0 Å². The van der Waals surface area contributed by atoms with Gasteiger partial charge in [0.25, 0.3) is 5.91 Å². The number of carbonyl (C=O) groups excluding carboxylic acids is 1. The average Bonchev–Trinajstić information content (AvgIpc) is 2.94. The first kappa shape index (κ1) is 16.6. The van der Waals surface area contributed by atoms with Crippen molar-refractivity contribution in [3.8, 4) is 11.5 Å². The van der Waals surface area contributed by atoms with Crippen molar-refractivity contribution in [3.63, 3.8) is 0 Å². The molecule has 1 aromatic carbocycles. The van der Waals surface area contributed by atoms with Gasteiger partial charge in [-0.2, -0.15) is 0 Å². The molecule has 1 atom stereocenters. The molecule has 0 saturated carbocycles. The van der Waals surface area contributed by atoms with Crippen LogP contribution in [0.3, 0.4) is 0 Å². The fourth-order valence-electron chi connectivity index (χ4n) is 2.36. The van der Waals surface area contributed by atoms with E-state index in [1.165, 1.54) is 0 Å². The molecule has 0 spiro atoms. The molecule has 0 aromatic heterocycles. The van der Waals surface area contributed by atoms with Crippen LogP contribution >= 0.6 is 12.4 Å². The van der Waals surface area contributed by atoms with Gasteiger partial charge in [-0.3, -0.25) is 4.79 Å². The normalized spacial score (nSPS) is 17.6. The first-order valence-electron chi connectivity index (χ1n) is 6.41. The van der Waals surface area contributed by atoms with E-state index in [0.29, 0.717) is 29.5 Å². The number of nitrogens with two attached hydrogens (primary N) is 1. The van der Waals surface area contributed by atoms with Crippen LogP contribution in [0, 0.1) is 5.92 Å². The Morgan fingerprint density at radius 1 is 1.40 bits per heavy atom. The third-order valence-corrected chi connectivity index (χ3v) is 3.54. The van der Waals surface area contributed by atoms with Crippen LogP contribution in [0.25, 0.3) is 0 Å². The third-order valence-electron chi connectivity index (χ3n) is 3.54. The predicted octanol–water partition coefficient (Wildman–Crippen LogP) is 1.55. The molecule has 1 heterocycles. The van der Waals surface area contributed by atoms with E-state index in [0.717, 1.165) is 19.5 Å². The van der Waals surface area contributed by atoms with Gasteiger partial charge in [-0.05, 0) is 37.1 Å². The summed E-state index contributed by atoms with van der Waals surface area (Å²) in [7, 11) is 3.14. The van der Waals surface area contributed by atoms with E-state index in [4.69, 9.17) is 15.2 Å². The maximum atomic E-state index is 12.5. The Hall–Kier alpha value is -1.46. The summed E-state index contributed by atoms with van der Waals surface area (Å²) in [5, 5.41) is 0. The molecule has 2 rings (SSSR count). The number of likely N-dealkylation sites (tertiary alicyclic amines) is 1. The van der Waals surface area contributed by atoms with Gasteiger partial charge < -0.3 is 20.1 Å². The number of halogens is 1.